The van der Waals surface area contributed by atoms with Gasteiger partial charge in [0.05, 0.1) is 24.8 Å². The summed E-state index contributed by atoms with van der Waals surface area (Å²) >= 11 is 0. The summed E-state index contributed by atoms with van der Waals surface area (Å²) in [6.07, 6.45) is 2.59. The first kappa shape index (κ1) is 23.1. The van der Waals surface area contributed by atoms with Gasteiger partial charge in [0.2, 0.25) is 15.9 Å². The number of anilines is 1. The maximum absolute atomic E-state index is 12.9. The summed E-state index contributed by atoms with van der Waals surface area (Å²) in [4.78, 5) is 12.8. The molecule has 0 unspecified atom stereocenters. The van der Waals surface area contributed by atoms with Crippen molar-refractivity contribution < 1.29 is 22.7 Å². The molecular weight excluding hydrogens is 416 g/mol. The van der Waals surface area contributed by atoms with Crippen LogP contribution in [0.2, 0.25) is 0 Å². The Morgan fingerprint density at radius 2 is 1.81 bits per heavy atom. The quantitative estimate of drug-likeness (QED) is 0.666. The number of carbonyl (C=O) groups is 1. The summed E-state index contributed by atoms with van der Waals surface area (Å²) in [5, 5.41) is 2.89. The van der Waals surface area contributed by atoms with Gasteiger partial charge in [0.25, 0.3) is 0 Å². The average molecular weight is 447 g/mol. The lowest BCUT2D eigenvalue weighted by atomic mass is 9.93. The van der Waals surface area contributed by atoms with Crippen LogP contribution >= 0.6 is 0 Å². The zero-order valence-corrected chi connectivity index (χ0v) is 19.1. The lowest BCUT2D eigenvalue weighted by molar-refractivity contribution is -0.116. The van der Waals surface area contributed by atoms with Gasteiger partial charge in [0.1, 0.15) is 11.5 Å². The van der Waals surface area contributed by atoms with Crippen molar-refractivity contribution in [3.8, 4) is 11.5 Å². The summed E-state index contributed by atoms with van der Waals surface area (Å²) in [6.45, 7) is 2.77. The van der Waals surface area contributed by atoms with Crippen LogP contribution in [0.4, 0.5) is 5.69 Å². The Bertz CT molecular complexity index is 1010. The molecule has 2 aromatic carbocycles. The van der Waals surface area contributed by atoms with Crippen molar-refractivity contribution in [1.82, 2.24) is 4.31 Å². The molecule has 1 N–H and O–H groups in total. The van der Waals surface area contributed by atoms with Crippen LogP contribution < -0.4 is 14.8 Å². The highest BCUT2D eigenvalue weighted by Crippen LogP contribution is 2.30. The van der Waals surface area contributed by atoms with Gasteiger partial charge in [-0.3, -0.25) is 4.79 Å². The van der Waals surface area contributed by atoms with E-state index in [0.717, 1.165) is 24.8 Å². The number of ether oxygens (including phenoxy) is 2. The molecule has 1 aliphatic heterocycles. The summed E-state index contributed by atoms with van der Waals surface area (Å²) in [7, 11) is -0.354. The fourth-order valence-corrected chi connectivity index (χ4v) is 5.58. The first-order valence-corrected chi connectivity index (χ1v) is 11.9. The van der Waals surface area contributed by atoms with Crippen LogP contribution in [-0.2, 0) is 14.8 Å². The normalized spacial score (nSPS) is 15.5. The van der Waals surface area contributed by atoms with Crippen molar-refractivity contribution in [2.75, 3.05) is 32.6 Å². The summed E-state index contributed by atoms with van der Waals surface area (Å²) in [5.41, 5.74) is 1.33. The number of hydrogen-bond acceptors (Lipinski definition) is 5. The molecule has 31 heavy (non-hydrogen) atoms. The van der Waals surface area contributed by atoms with E-state index in [1.165, 1.54) is 0 Å². The Hall–Kier alpha value is -2.58. The second kappa shape index (κ2) is 10.2. The number of amides is 1. The van der Waals surface area contributed by atoms with Crippen LogP contribution in [0.1, 0.15) is 31.2 Å². The Morgan fingerprint density at radius 3 is 2.45 bits per heavy atom. The van der Waals surface area contributed by atoms with Crippen molar-refractivity contribution in [3.63, 3.8) is 0 Å². The van der Waals surface area contributed by atoms with E-state index >= 15 is 0 Å². The maximum atomic E-state index is 12.9. The number of nitrogens with one attached hydrogen (secondary N) is 1. The van der Waals surface area contributed by atoms with Gasteiger partial charge in [-0.2, -0.15) is 4.31 Å². The molecule has 7 nitrogen and oxygen atoms in total. The number of methoxy groups -OCH3 is 2. The average Bonchev–Trinajstić information content (AvgIpc) is 2.78. The van der Waals surface area contributed by atoms with Crippen LogP contribution in [0, 0.1) is 12.8 Å². The van der Waals surface area contributed by atoms with Crippen molar-refractivity contribution in [1.29, 1.82) is 0 Å². The molecule has 1 saturated heterocycles. The fraction of sp³-hybridized carbons (Fsp3) is 0.435. The smallest absolute Gasteiger partial charge is 0.243 e. The van der Waals surface area contributed by atoms with Crippen molar-refractivity contribution in [2.24, 2.45) is 5.92 Å². The zero-order valence-electron chi connectivity index (χ0n) is 18.3. The third kappa shape index (κ3) is 5.57. The van der Waals surface area contributed by atoms with Gasteiger partial charge >= 0.3 is 0 Å². The number of nitrogens with zero attached hydrogens (tertiary/aromatic N) is 1. The molecule has 0 aromatic heterocycles. The second-order valence-electron chi connectivity index (χ2n) is 7.77. The monoisotopic (exact) mass is 446 g/mol. The number of sulfonamides is 1. The molecule has 1 amide bonds. The molecule has 0 spiro atoms. The Balaban J connectivity index is 1.52. The van der Waals surface area contributed by atoms with Crippen molar-refractivity contribution >= 4 is 21.6 Å². The highest BCUT2D eigenvalue weighted by molar-refractivity contribution is 7.89. The van der Waals surface area contributed by atoms with Gasteiger partial charge < -0.3 is 14.8 Å². The molecule has 3 rings (SSSR count). The van der Waals surface area contributed by atoms with Crippen LogP contribution in [0.25, 0.3) is 0 Å². The number of aryl methyl sites for hydroxylation is 1. The largest absolute Gasteiger partial charge is 0.497 e. The number of piperidine rings is 1. The Morgan fingerprint density at radius 1 is 1.10 bits per heavy atom. The Kier molecular flexibility index (Phi) is 7.56. The molecule has 8 heteroatoms. The first-order chi connectivity index (χ1) is 14.8. The minimum atomic E-state index is -3.47. The van der Waals surface area contributed by atoms with Gasteiger partial charge in [-0.25, -0.2) is 8.42 Å². The predicted octanol–water partition coefficient (Wildman–Crippen LogP) is 3.83. The summed E-state index contributed by atoms with van der Waals surface area (Å²) in [5.74, 6) is 1.44. The van der Waals surface area contributed by atoms with E-state index in [-0.39, 0.29) is 5.91 Å². The third-order valence-electron chi connectivity index (χ3n) is 5.75. The summed E-state index contributed by atoms with van der Waals surface area (Å²) < 4.78 is 37.9. The lowest BCUT2D eigenvalue weighted by Crippen LogP contribution is -2.38. The third-order valence-corrected chi connectivity index (χ3v) is 7.80. The van der Waals surface area contributed by atoms with E-state index in [1.54, 1.807) is 48.9 Å². The fourth-order valence-electron chi connectivity index (χ4n) is 3.88. The molecule has 2 aromatic rings. The van der Waals surface area contributed by atoms with Gasteiger partial charge in [0.15, 0.2) is 0 Å². The highest BCUT2D eigenvalue weighted by Gasteiger charge is 2.30. The van der Waals surface area contributed by atoms with Crippen LogP contribution in [0.15, 0.2) is 47.4 Å². The zero-order chi connectivity index (χ0) is 22.4. The summed E-state index contributed by atoms with van der Waals surface area (Å²) in [6, 6.07) is 12.3. The SMILES string of the molecule is COc1ccc(OC)c(NC(=O)CCC2CCN(S(=O)(=O)c3ccccc3C)CC2)c1. The predicted molar refractivity (Wildman–Crippen MR) is 120 cm³/mol. The Labute approximate surface area is 184 Å². The van der Waals surface area contributed by atoms with Gasteiger partial charge in [-0.1, -0.05) is 18.2 Å². The van der Waals surface area contributed by atoms with E-state index in [2.05, 4.69) is 5.32 Å². The molecule has 1 fully saturated rings. The van der Waals surface area contributed by atoms with Crippen LogP contribution in [0.5, 0.6) is 11.5 Å². The van der Waals surface area contributed by atoms with E-state index in [1.807, 2.05) is 19.1 Å². The van der Waals surface area contributed by atoms with Gasteiger partial charge in [-0.05, 0) is 55.9 Å². The topological polar surface area (TPSA) is 84.9 Å². The van der Waals surface area contributed by atoms with Crippen molar-refractivity contribution in [3.05, 3.63) is 48.0 Å². The number of rotatable bonds is 8. The lowest BCUT2D eigenvalue weighted by Gasteiger charge is -2.31. The number of benzene rings is 2. The molecule has 1 heterocycles. The molecular formula is C23H30N2O5S. The second-order valence-corrected chi connectivity index (χ2v) is 9.67. The maximum Gasteiger partial charge on any atom is 0.243 e. The van der Waals surface area contributed by atoms with Gasteiger partial charge in [-0.15, -0.1) is 0 Å². The first-order valence-electron chi connectivity index (χ1n) is 10.4. The number of hydrogen-bond donors (Lipinski definition) is 1. The molecule has 0 atom stereocenters. The molecule has 0 saturated carbocycles. The van der Waals surface area contributed by atoms with Crippen LogP contribution in [-0.4, -0.2) is 45.9 Å². The molecule has 1 aliphatic rings. The minimum Gasteiger partial charge on any atom is -0.497 e. The molecule has 0 aliphatic carbocycles. The standard InChI is InChI=1S/C23H30N2O5S/c1-17-6-4-5-7-22(17)31(27,28)25-14-12-18(13-15-25)8-11-23(26)24-20-16-19(29-2)9-10-21(20)30-3/h4-7,9-10,16,18H,8,11-15H2,1-3H3,(H,24,26). The van der Waals surface area contributed by atoms with E-state index in [0.29, 0.717) is 47.5 Å². The number of carbonyl (C=O) groups excluding carboxylic acids is 1. The molecule has 168 valence electrons. The molecule has 0 bridgehead atoms. The van der Waals surface area contributed by atoms with Gasteiger partial charge in [0, 0.05) is 25.6 Å². The van der Waals surface area contributed by atoms with Crippen LogP contribution in [0.3, 0.4) is 0 Å². The van der Waals surface area contributed by atoms with E-state index in [4.69, 9.17) is 9.47 Å². The molecule has 0 radical (unpaired) electrons. The van der Waals surface area contributed by atoms with Crippen molar-refractivity contribution in [2.45, 2.75) is 37.5 Å². The van der Waals surface area contributed by atoms with E-state index < -0.39 is 10.0 Å². The highest BCUT2D eigenvalue weighted by atomic mass is 32.2. The minimum absolute atomic E-state index is 0.0958. The van der Waals surface area contributed by atoms with E-state index in [9.17, 15) is 13.2 Å².